The van der Waals surface area contributed by atoms with Crippen molar-refractivity contribution in [2.75, 3.05) is 19.8 Å². The van der Waals surface area contributed by atoms with Crippen molar-refractivity contribution in [3.05, 3.63) is 0 Å². The maximum atomic E-state index is 12.0. The molecule has 0 spiro atoms. The molecule has 0 aromatic carbocycles. The third-order valence-electron chi connectivity index (χ3n) is 2.19. The highest BCUT2D eigenvalue weighted by Gasteiger charge is 2.29. The van der Waals surface area contributed by atoms with E-state index >= 15 is 0 Å². The van der Waals surface area contributed by atoms with Crippen molar-refractivity contribution in [1.82, 2.24) is 5.32 Å². The largest absolute Gasteiger partial charge is 0.390 e. The Hall–Kier alpha value is -0.330. The summed E-state index contributed by atoms with van der Waals surface area (Å²) in [7, 11) is 0. The molecule has 0 aliphatic heterocycles. The van der Waals surface area contributed by atoms with Gasteiger partial charge in [0.1, 0.15) is 0 Å². The molecule has 3 nitrogen and oxygen atoms in total. The number of rotatable bonds is 9. The highest BCUT2D eigenvalue weighted by molar-refractivity contribution is 4.68. The predicted molar refractivity (Wildman–Crippen MR) is 59.9 cm³/mol. The van der Waals surface area contributed by atoms with Gasteiger partial charge in [-0.25, -0.2) is 0 Å². The molecule has 2 atom stereocenters. The summed E-state index contributed by atoms with van der Waals surface area (Å²) in [5.74, 6) is 0. The summed E-state index contributed by atoms with van der Waals surface area (Å²) in [5.41, 5.74) is 0. The number of aliphatic hydroxyl groups is 1. The number of aliphatic hydroxyl groups excluding tert-OH is 1. The molecule has 0 saturated carbocycles. The van der Waals surface area contributed by atoms with E-state index in [4.69, 9.17) is 4.74 Å². The van der Waals surface area contributed by atoms with Crippen molar-refractivity contribution in [1.29, 1.82) is 0 Å². The van der Waals surface area contributed by atoms with Gasteiger partial charge in [0, 0.05) is 19.2 Å². The third kappa shape index (κ3) is 11.9. The Morgan fingerprint density at radius 3 is 2.53 bits per heavy atom. The normalized spacial score (nSPS) is 15.9. The number of halogens is 3. The monoisotopic (exact) mass is 257 g/mol. The molecule has 0 amide bonds. The Labute approximate surface area is 100 Å². The molecule has 0 saturated heterocycles. The molecule has 0 aromatic rings. The Balaban J connectivity index is 3.52. The third-order valence-corrected chi connectivity index (χ3v) is 2.19. The van der Waals surface area contributed by atoms with Crippen molar-refractivity contribution in [2.24, 2.45) is 0 Å². The van der Waals surface area contributed by atoms with Crippen LogP contribution in [0.25, 0.3) is 0 Å². The van der Waals surface area contributed by atoms with E-state index in [-0.39, 0.29) is 13.2 Å². The van der Waals surface area contributed by atoms with Gasteiger partial charge in [0.15, 0.2) is 0 Å². The second kappa shape index (κ2) is 8.72. The van der Waals surface area contributed by atoms with Gasteiger partial charge in [0.25, 0.3) is 0 Å². The standard InChI is InChI=1S/C11H22F3NO2/c1-3-4-5-17-8-10(16)7-15-9(2)6-11(12,13)14/h9-10,15-16H,3-8H2,1-2H3. The zero-order valence-corrected chi connectivity index (χ0v) is 10.4. The lowest BCUT2D eigenvalue weighted by Crippen LogP contribution is -2.38. The molecule has 0 aromatic heterocycles. The van der Waals surface area contributed by atoms with Crippen molar-refractivity contribution in [2.45, 2.75) is 51.4 Å². The van der Waals surface area contributed by atoms with Gasteiger partial charge in [0.05, 0.1) is 19.1 Å². The number of nitrogens with one attached hydrogen (secondary N) is 1. The van der Waals surface area contributed by atoms with Crippen LogP contribution < -0.4 is 5.32 Å². The lowest BCUT2D eigenvalue weighted by molar-refractivity contribution is -0.139. The minimum Gasteiger partial charge on any atom is -0.389 e. The van der Waals surface area contributed by atoms with Gasteiger partial charge >= 0.3 is 6.18 Å². The molecule has 0 heterocycles. The number of alkyl halides is 3. The Morgan fingerprint density at radius 1 is 1.35 bits per heavy atom. The van der Waals surface area contributed by atoms with Crippen LogP contribution in [-0.4, -0.2) is 43.2 Å². The number of hydrogen-bond acceptors (Lipinski definition) is 3. The summed E-state index contributed by atoms with van der Waals surface area (Å²) in [6, 6.07) is -0.694. The summed E-state index contributed by atoms with van der Waals surface area (Å²) in [6.07, 6.45) is -3.89. The van der Waals surface area contributed by atoms with Crippen LogP contribution in [0, 0.1) is 0 Å². The maximum absolute atomic E-state index is 12.0. The maximum Gasteiger partial charge on any atom is 0.390 e. The fraction of sp³-hybridized carbons (Fsp3) is 1.00. The van der Waals surface area contributed by atoms with Gasteiger partial charge in [0.2, 0.25) is 0 Å². The topological polar surface area (TPSA) is 41.5 Å². The first kappa shape index (κ1) is 16.7. The van der Waals surface area contributed by atoms with Crippen LogP contribution in [0.1, 0.15) is 33.1 Å². The Kier molecular flexibility index (Phi) is 8.55. The molecule has 0 radical (unpaired) electrons. The molecule has 17 heavy (non-hydrogen) atoms. The van der Waals surface area contributed by atoms with Gasteiger partial charge < -0.3 is 15.2 Å². The molecule has 2 unspecified atom stereocenters. The summed E-state index contributed by atoms with van der Waals surface area (Å²) in [6.45, 7) is 4.32. The summed E-state index contributed by atoms with van der Waals surface area (Å²) >= 11 is 0. The van der Waals surface area contributed by atoms with Gasteiger partial charge in [-0.15, -0.1) is 0 Å². The van der Waals surface area contributed by atoms with Crippen LogP contribution in [0.5, 0.6) is 0 Å². The summed E-state index contributed by atoms with van der Waals surface area (Å²) in [4.78, 5) is 0. The van der Waals surface area contributed by atoms with E-state index in [0.717, 1.165) is 12.8 Å². The lowest BCUT2D eigenvalue weighted by atomic mass is 10.2. The molecule has 6 heteroatoms. The zero-order valence-electron chi connectivity index (χ0n) is 10.4. The van der Waals surface area contributed by atoms with Crippen LogP contribution in [0.2, 0.25) is 0 Å². The molecule has 2 N–H and O–H groups in total. The highest BCUT2D eigenvalue weighted by atomic mass is 19.4. The van der Waals surface area contributed by atoms with Crippen molar-refractivity contribution in [3.63, 3.8) is 0 Å². The number of ether oxygens (including phenoxy) is 1. The average Bonchev–Trinajstić information content (AvgIpc) is 2.19. The molecule has 0 aliphatic carbocycles. The van der Waals surface area contributed by atoms with Gasteiger partial charge in [-0.3, -0.25) is 0 Å². The molecule has 0 aliphatic rings. The summed E-state index contributed by atoms with van der Waals surface area (Å²) < 4.78 is 41.1. The fourth-order valence-corrected chi connectivity index (χ4v) is 1.28. The van der Waals surface area contributed by atoms with Gasteiger partial charge in [-0.05, 0) is 13.3 Å². The van der Waals surface area contributed by atoms with E-state index in [9.17, 15) is 18.3 Å². The minimum atomic E-state index is -4.17. The number of hydrogen-bond donors (Lipinski definition) is 2. The van der Waals surface area contributed by atoms with Crippen molar-refractivity contribution in [3.8, 4) is 0 Å². The van der Waals surface area contributed by atoms with Crippen LogP contribution in [0.4, 0.5) is 13.2 Å². The Bertz CT molecular complexity index is 188. The first-order chi connectivity index (χ1) is 7.85. The van der Waals surface area contributed by atoms with E-state index in [1.54, 1.807) is 0 Å². The first-order valence-corrected chi connectivity index (χ1v) is 5.91. The van der Waals surface area contributed by atoms with Gasteiger partial charge in [-0.1, -0.05) is 13.3 Å². The molecular weight excluding hydrogens is 235 g/mol. The van der Waals surface area contributed by atoms with E-state index in [1.807, 2.05) is 6.92 Å². The van der Waals surface area contributed by atoms with E-state index in [0.29, 0.717) is 6.61 Å². The predicted octanol–water partition coefficient (Wildman–Crippen LogP) is 2.09. The second-order valence-corrected chi connectivity index (χ2v) is 4.21. The van der Waals surface area contributed by atoms with Gasteiger partial charge in [-0.2, -0.15) is 13.2 Å². The van der Waals surface area contributed by atoms with E-state index < -0.39 is 24.7 Å². The van der Waals surface area contributed by atoms with Crippen LogP contribution >= 0.6 is 0 Å². The second-order valence-electron chi connectivity index (χ2n) is 4.21. The van der Waals surface area contributed by atoms with Crippen LogP contribution in [0.15, 0.2) is 0 Å². The van der Waals surface area contributed by atoms with Crippen LogP contribution in [0.3, 0.4) is 0 Å². The number of unbranched alkanes of at least 4 members (excludes halogenated alkanes) is 1. The minimum absolute atomic E-state index is 0.114. The lowest BCUT2D eigenvalue weighted by Gasteiger charge is -2.18. The van der Waals surface area contributed by atoms with E-state index in [1.165, 1.54) is 6.92 Å². The fourth-order valence-electron chi connectivity index (χ4n) is 1.28. The molecule has 0 bridgehead atoms. The average molecular weight is 257 g/mol. The van der Waals surface area contributed by atoms with Crippen molar-refractivity contribution < 1.29 is 23.0 Å². The van der Waals surface area contributed by atoms with Crippen LogP contribution in [-0.2, 0) is 4.74 Å². The zero-order chi connectivity index (χ0) is 13.3. The molecule has 0 fully saturated rings. The SMILES string of the molecule is CCCCOCC(O)CNC(C)CC(F)(F)F. The van der Waals surface area contributed by atoms with Crippen molar-refractivity contribution >= 4 is 0 Å². The molecule has 104 valence electrons. The first-order valence-electron chi connectivity index (χ1n) is 5.91. The molecular formula is C11H22F3NO2. The molecule has 0 rings (SSSR count). The smallest absolute Gasteiger partial charge is 0.389 e. The Morgan fingerprint density at radius 2 is 2.00 bits per heavy atom. The quantitative estimate of drug-likeness (QED) is 0.621. The van der Waals surface area contributed by atoms with E-state index in [2.05, 4.69) is 5.32 Å². The summed E-state index contributed by atoms with van der Waals surface area (Å²) in [5, 5.41) is 12.1. The highest BCUT2D eigenvalue weighted by Crippen LogP contribution is 2.21.